The van der Waals surface area contributed by atoms with Crippen LogP contribution in [0.5, 0.6) is 5.88 Å². The monoisotopic (exact) mass is 265 g/mol. The van der Waals surface area contributed by atoms with Gasteiger partial charge in [-0.3, -0.25) is 0 Å². The van der Waals surface area contributed by atoms with Gasteiger partial charge in [-0.15, -0.1) is 0 Å². The molecule has 0 unspecified atom stereocenters. The Kier molecular flexibility index (Phi) is 3.77. The van der Waals surface area contributed by atoms with Gasteiger partial charge in [-0.2, -0.15) is 0 Å². The second-order valence-electron chi connectivity index (χ2n) is 3.87. The molecule has 0 aliphatic rings. The molecule has 0 amide bonds. The van der Waals surface area contributed by atoms with Gasteiger partial charge in [-0.1, -0.05) is 0 Å². The maximum absolute atomic E-state index is 11.0. The molecule has 90 valence electrons. The van der Waals surface area contributed by atoms with Crippen LogP contribution in [0.15, 0.2) is 23.2 Å². The smallest absolute Gasteiger partial charge is 0.261 e. The molecule has 0 atom stereocenters. The first-order chi connectivity index (χ1) is 7.18. The van der Waals surface area contributed by atoms with Gasteiger partial charge in [0.25, 0.3) is 9.05 Å². The van der Waals surface area contributed by atoms with Crippen molar-refractivity contribution in [2.24, 2.45) is 0 Å². The van der Waals surface area contributed by atoms with Crippen LogP contribution in [0.25, 0.3) is 0 Å². The van der Waals surface area contributed by atoms with E-state index in [1.54, 1.807) is 13.8 Å². The van der Waals surface area contributed by atoms with Crippen molar-refractivity contribution < 1.29 is 18.3 Å². The van der Waals surface area contributed by atoms with Gasteiger partial charge >= 0.3 is 0 Å². The Bertz CT molecular complexity index is 467. The van der Waals surface area contributed by atoms with Crippen molar-refractivity contribution in [3.05, 3.63) is 18.3 Å². The summed E-state index contributed by atoms with van der Waals surface area (Å²) in [4.78, 5) is 3.71. The molecule has 1 N–H and O–H groups in total. The van der Waals surface area contributed by atoms with Crippen LogP contribution in [-0.2, 0) is 9.05 Å². The van der Waals surface area contributed by atoms with Gasteiger partial charge in [0, 0.05) is 22.9 Å². The molecule has 1 heterocycles. The highest BCUT2D eigenvalue weighted by Crippen LogP contribution is 2.18. The molecule has 0 spiro atoms. The number of halogens is 1. The Morgan fingerprint density at radius 1 is 1.56 bits per heavy atom. The molecule has 7 heteroatoms. The molecule has 0 fully saturated rings. The summed E-state index contributed by atoms with van der Waals surface area (Å²) in [6.07, 6.45) is 1.27. The molecule has 0 aromatic carbocycles. The molecule has 0 saturated carbocycles. The maximum Gasteiger partial charge on any atom is 0.261 e. The first kappa shape index (κ1) is 13.2. The van der Waals surface area contributed by atoms with E-state index in [4.69, 9.17) is 15.4 Å². The molecule has 1 aromatic rings. The number of ether oxygens (including phenoxy) is 1. The van der Waals surface area contributed by atoms with E-state index >= 15 is 0 Å². The first-order valence-electron chi connectivity index (χ1n) is 4.44. The molecular formula is C9H12ClNO4S. The van der Waals surface area contributed by atoms with Gasteiger partial charge in [0.05, 0.1) is 10.5 Å². The maximum atomic E-state index is 11.0. The van der Waals surface area contributed by atoms with Crippen molar-refractivity contribution in [1.29, 1.82) is 0 Å². The Hall–Kier alpha value is -0.850. The third-order valence-electron chi connectivity index (χ3n) is 1.56. The predicted molar refractivity (Wildman–Crippen MR) is 59.1 cm³/mol. The zero-order valence-corrected chi connectivity index (χ0v) is 10.4. The third-order valence-corrected chi connectivity index (χ3v) is 2.91. The van der Waals surface area contributed by atoms with Gasteiger partial charge in [0.15, 0.2) is 0 Å². The second kappa shape index (κ2) is 4.57. The average Bonchev–Trinajstić information content (AvgIpc) is 2.13. The summed E-state index contributed by atoms with van der Waals surface area (Å²) in [6.45, 7) is 3.13. The van der Waals surface area contributed by atoms with Crippen LogP contribution < -0.4 is 4.74 Å². The standard InChI is InChI=1S/C9H12ClNO4S/c1-9(2,12)6-15-8-5-7(3-4-11-8)16(10,13)14/h3-5,12H,6H2,1-2H3. The summed E-state index contributed by atoms with van der Waals surface area (Å²) in [7, 11) is 1.37. The Morgan fingerprint density at radius 3 is 2.69 bits per heavy atom. The van der Waals surface area contributed by atoms with E-state index in [0.717, 1.165) is 0 Å². The Morgan fingerprint density at radius 2 is 2.19 bits per heavy atom. The topological polar surface area (TPSA) is 76.5 Å². The molecule has 0 bridgehead atoms. The van der Waals surface area contributed by atoms with Gasteiger partial charge in [-0.25, -0.2) is 13.4 Å². The minimum absolute atomic E-state index is 0.00574. The van der Waals surface area contributed by atoms with E-state index < -0.39 is 14.7 Å². The summed E-state index contributed by atoms with van der Waals surface area (Å²) >= 11 is 0. The predicted octanol–water partition coefficient (Wildman–Crippen LogP) is 1.16. The van der Waals surface area contributed by atoms with Crippen molar-refractivity contribution in [3.8, 4) is 5.88 Å². The van der Waals surface area contributed by atoms with E-state index in [1.807, 2.05) is 0 Å². The highest BCUT2D eigenvalue weighted by atomic mass is 35.7. The summed E-state index contributed by atoms with van der Waals surface area (Å²) in [5, 5.41) is 9.41. The summed E-state index contributed by atoms with van der Waals surface area (Å²) in [5.74, 6) is 0.101. The van der Waals surface area contributed by atoms with E-state index in [2.05, 4.69) is 4.98 Å². The van der Waals surface area contributed by atoms with Crippen molar-refractivity contribution in [3.63, 3.8) is 0 Å². The quantitative estimate of drug-likeness (QED) is 0.827. The number of pyridine rings is 1. The van der Waals surface area contributed by atoms with Crippen LogP contribution in [0.4, 0.5) is 0 Å². The number of rotatable bonds is 4. The summed E-state index contributed by atoms with van der Waals surface area (Å²) < 4.78 is 27.2. The van der Waals surface area contributed by atoms with E-state index in [1.165, 1.54) is 18.3 Å². The van der Waals surface area contributed by atoms with Gasteiger partial charge in [0.2, 0.25) is 5.88 Å². The van der Waals surface area contributed by atoms with Crippen LogP contribution in [-0.4, -0.2) is 30.7 Å². The van der Waals surface area contributed by atoms with Crippen LogP contribution in [0.1, 0.15) is 13.8 Å². The van der Waals surface area contributed by atoms with Gasteiger partial charge in [-0.05, 0) is 19.9 Å². The van der Waals surface area contributed by atoms with Crippen LogP contribution in [0, 0.1) is 0 Å². The fourth-order valence-corrected chi connectivity index (χ4v) is 1.63. The SMILES string of the molecule is CC(C)(O)COc1cc(S(=O)(=O)Cl)ccn1. The molecule has 1 rings (SSSR count). The van der Waals surface area contributed by atoms with E-state index in [9.17, 15) is 13.5 Å². The number of aromatic nitrogens is 1. The largest absolute Gasteiger partial charge is 0.475 e. The molecular weight excluding hydrogens is 254 g/mol. The minimum atomic E-state index is -3.79. The Labute approximate surface area is 98.5 Å². The Balaban J connectivity index is 2.84. The fraction of sp³-hybridized carbons (Fsp3) is 0.444. The lowest BCUT2D eigenvalue weighted by Crippen LogP contribution is -2.28. The van der Waals surface area contributed by atoms with Crippen LogP contribution in [0.3, 0.4) is 0 Å². The summed E-state index contributed by atoms with van der Waals surface area (Å²) in [5.41, 5.74) is -1.02. The summed E-state index contributed by atoms with van der Waals surface area (Å²) in [6, 6.07) is 2.47. The molecule has 0 aliphatic carbocycles. The lowest BCUT2D eigenvalue weighted by Gasteiger charge is -2.17. The normalized spacial score (nSPS) is 12.5. The number of nitrogens with zero attached hydrogens (tertiary/aromatic N) is 1. The molecule has 0 radical (unpaired) electrons. The fourth-order valence-electron chi connectivity index (χ4n) is 0.872. The highest BCUT2D eigenvalue weighted by Gasteiger charge is 2.15. The number of hydrogen-bond acceptors (Lipinski definition) is 5. The van der Waals surface area contributed by atoms with E-state index in [0.29, 0.717) is 0 Å². The van der Waals surface area contributed by atoms with Gasteiger partial charge in [0.1, 0.15) is 6.61 Å². The number of hydrogen-bond donors (Lipinski definition) is 1. The first-order valence-corrected chi connectivity index (χ1v) is 6.75. The van der Waals surface area contributed by atoms with Gasteiger partial charge < -0.3 is 9.84 Å². The third kappa shape index (κ3) is 4.34. The van der Waals surface area contributed by atoms with Crippen LogP contribution >= 0.6 is 10.7 Å². The lowest BCUT2D eigenvalue weighted by molar-refractivity contribution is 0.0267. The molecule has 0 aliphatic heterocycles. The van der Waals surface area contributed by atoms with Crippen molar-refractivity contribution in [2.45, 2.75) is 24.3 Å². The molecule has 5 nitrogen and oxygen atoms in total. The number of aliphatic hydroxyl groups is 1. The van der Waals surface area contributed by atoms with Crippen molar-refractivity contribution in [2.75, 3.05) is 6.61 Å². The minimum Gasteiger partial charge on any atom is -0.475 e. The zero-order chi connectivity index (χ0) is 12.4. The molecule has 16 heavy (non-hydrogen) atoms. The average molecular weight is 266 g/mol. The van der Waals surface area contributed by atoms with Crippen LogP contribution in [0.2, 0.25) is 0 Å². The molecule has 1 aromatic heterocycles. The lowest BCUT2D eigenvalue weighted by atomic mass is 10.2. The zero-order valence-electron chi connectivity index (χ0n) is 8.84. The molecule has 0 saturated heterocycles. The van der Waals surface area contributed by atoms with Crippen molar-refractivity contribution >= 4 is 19.7 Å². The van der Waals surface area contributed by atoms with Crippen molar-refractivity contribution in [1.82, 2.24) is 4.98 Å². The highest BCUT2D eigenvalue weighted by molar-refractivity contribution is 8.13. The second-order valence-corrected chi connectivity index (χ2v) is 6.43. The van der Waals surface area contributed by atoms with E-state index in [-0.39, 0.29) is 17.4 Å².